The minimum absolute atomic E-state index is 0.0395. The molecule has 0 saturated heterocycles. The average Bonchev–Trinajstić information content (AvgIpc) is 2.73. The van der Waals surface area contributed by atoms with Crippen molar-refractivity contribution >= 4 is 33.4 Å². The first-order valence-corrected chi connectivity index (χ1v) is 11.6. The van der Waals surface area contributed by atoms with Crippen LogP contribution in [-0.2, 0) is 19.6 Å². The van der Waals surface area contributed by atoms with Crippen LogP contribution in [0.5, 0.6) is 0 Å². The molecule has 1 aliphatic heterocycles. The number of sulfonamides is 1. The standard InChI is InChI=1S/C20H20N2O6S2/c1-3-28-20(23)18-12-13-29-19(15-6-8-16(9-7-15)22(24)25)21(18)30(26,27)17-10-4-14(2)5-11-17/h4-12,19H,3,13H2,1-2H3/t19-/m0/s1. The van der Waals surface area contributed by atoms with Crippen molar-refractivity contribution in [1.82, 2.24) is 4.31 Å². The summed E-state index contributed by atoms with van der Waals surface area (Å²) < 4.78 is 33.2. The van der Waals surface area contributed by atoms with E-state index in [0.717, 1.165) is 9.87 Å². The predicted molar refractivity (Wildman–Crippen MR) is 113 cm³/mol. The van der Waals surface area contributed by atoms with Gasteiger partial charge in [0.2, 0.25) is 0 Å². The molecule has 2 aromatic rings. The van der Waals surface area contributed by atoms with E-state index in [1.165, 1.54) is 54.2 Å². The summed E-state index contributed by atoms with van der Waals surface area (Å²) in [4.78, 5) is 23.0. The van der Waals surface area contributed by atoms with Gasteiger partial charge in [0.05, 0.1) is 16.4 Å². The molecule has 8 nitrogen and oxygen atoms in total. The molecular weight excluding hydrogens is 428 g/mol. The van der Waals surface area contributed by atoms with Gasteiger partial charge in [-0.3, -0.25) is 10.1 Å². The molecule has 0 aliphatic carbocycles. The second-order valence-electron chi connectivity index (χ2n) is 6.46. The van der Waals surface area contributed by atoms with Gasteiger partial charge in [0.1, 0.15) is 11.1 Å². The Balaban J connectivity index is 2.11. The first-order valence-electron chi connectivity index (χ1n) is 9.10. The molecule has 30 heavy (non-hydrogen) atoms. The van der Waals surface area contributed by atoms with Crippen molar-refractivity contribution in [3.05, 3.63) is 81.5 Å². The van der Waals surface area contributed by atoms with E-state index in [4.69, 9.17) is 4.74 Å². The zero-order valence-electron chi connectivity index (χ0n) is 16.3. The second-order valence-corrected chi connectivity index (χ2v) is 9.39. The number of carbonyl (C=O) groups excluding carboxylic acids is 1. The third-order valence-corrected chi connectivity index (χ3v) is 7.52. The molecule has 0 radical (unpaired) electrons. The number of hydrogen-bond donors (Lipinski definition) is 0. The van der Waals surface area contributed by atoms with Crippen molar-refractivity contribution in [2.45, 2.75) is 24.1 Å². The van der Waals surface area contributed by atoms with Gasteiger partial charge in [-0.25, -0.2) is 17.5 Å². The summed E-state index contributed by atoms with van der Waals surface area (Å²) in [6.07, 6.45) is 1.52. The van der Waals surface area contributed by atoms with E-state index >= 15 is 0 Å². The molecule has 0 saturated carbocycles. The van der Waals surface area contributed by atoms with Gasteiger partial charge in [0, 0.05) is 17.9 Å². The molecule has 0 spiro atoms. The quantitative estimate of drug-likeness (QED) is 0.376. The fraction of sp³-hybridized carbons (Fsp3) is 0.250. The van der Waals surface area contributed by atoms with E-state index in [0.29, 0.717) is 11.3 Å². The average molecular weight is 449 g/mol. The summed E-state index contributed by atoms with van der Waals surface area (Å²) in [7, 11) is -4.11. The minimum Gasteiger partial charge on any atom is -0.461 e. The Morgan fingerprint density at radius 3 is 2.40 bits per heavy atom. The lowest BCUT2D eigenvalue weighted by atomic mass is 10.2. The normalized spacial score (nSPS) is 16.7. The highest BCUT2D eigenvalue weighted by Crippen LogP contribution is 2.43. The van der Waals surface area contributed by atoms with Crippen LogP contribution in [0.4, 0.5) is 5.69 Å². The molecule has 2 aromatic carbocycles. The zero-order valence-corrected chi connectivity index (χ0v) is 18.0. The Bertz CT molecular complexity index is 1080. The predicted octanol–water partition coefficient (Wildman–Crippen LogP) is 3.79. The van der Waals surface area contributed by atoms with Crippen LogP contribution in [0.2, 0.25) is 0 Å². The van der Waals surface area contributed by atoms with Crippen LogP contribution >= 0.6 is 11.8 Å². The summed E-state index contributed by atoms with van der Waals surface area (Å²) in [6, 6.07) is 12.0. The van der Waals surface area contributed by atoms with Crippen LogP contribution in [0, 0.1) is 17.0 Å². The van der Waals surface area contributed by atoms with Crippen molar-refractivity contribution in [1.29, 1.82) is 0 Å². The SMILES string of the molecule is CCOC(=O)C1=CCS[C@@H](c2ccc([N+](=O)[O-])cc2)N1S(=O)(=O)c1ccc(C)cc1. The van der Waals surface area contributed by atoms with Gasteiger partial charge in [-0.2, -0.15) is 0 Å². The highest BCUT2D eigenvalue weighted by molar-refractivity contribution is 8.00. The number of carbonyl (C=O) groups is 1. The molecule has 0 N–H and O–H groups in total. The highest BCUT2D eigenvalue weighted by atomic mass is 32.2. The van der Waals surface area contributed by atoms with Gasteiger partial charge in [-0.05, 0) is 49.8 Å². The number of nitro benzene ring substituents is 1. The second kappa shape index (κ2) is 8.88. The molecule has 1 aliphatic rings. The number of esters is 1. The summed E-state index contributed by atoms with van der Waals surface area (Å²) in [6.45, 7) is 3.59. The Labute approximate surface area is 178 Å². The summed E-state index contributed by atoms with van der Waals surface area (Å²) in [5.74, 6) is -0.351. The molecule has 0 bridgehead atoms. The Morgan fingerprint density at radius 2 is 1.83 bits per heavy atom. The fourth-order valence-electron chi connectivity index (χ4n) is 2.95. The summed E-state index contributed by atoms with van der Waals surface area (Å²) >= 11 is 1.30. The van der Waals surface area contributed by atoms with Gasteiger partial charge in [0.15, 0.2) is 0 Å². The highest BCUT2D eigenvalue weighted by Gasteiger charge is 2.40. The Kier molecular flexibility index (Phi) is 6.47. The summed E-state index contributed by atoms with van der Waals surface area (Å²) in [5, 5.41) is 10.2. The maximum absolute atomic E-state index is 13.5. The maximum atomic E-state index is 13.5. The van der Waals surface area contributed by atoms with E-state index in [1.54, 1.807) is 19.1 Å². The van der Waals surface area contributed by atoms with Crippen molar-refractivity contribution in [2.24, 2.45) is 0 Å². The molecule has 0 aromatic heterocycles. The van der Waals surface area contributed by atoms with Crippen LogP contribution in [0.3, 0.4) is 0 Å². The zero-order chi connectivity index (χ0) is 21.9. The van der Waals surface area contributed by atoms with E-state index in [2.05, 4.69) is 0 Å². The van der Waals surface area contributed by atoms with Crippen LogP contribution in [0.25, 0.3) is 0 Å². The molecule has 0 fully saturated rings. The van der Waals surface area contributed by atoms with Crippen molar-refractivity contribution in [2.75, 3.05) is 12.4 Å². The third-order valence-electron chi connectivity index (χ3n) is 4.43. The van der Waals surface area contributed by atoms with E-state index in [-0.39, 0.29) is 22.9 Å². The lowest BCUT2D eigenvalue weighted by Gasteiger charge is -2.35. The Hall–Kier alpha value is -2.85. The van der Waals surface area contributed by atoms with Crippen molar-refractivity contribution in [3.63, 3.8) is 0 Å². The van der Waals surface area contributed by atoms with Crippen LogP contribution in [0.15, 0.2) is 65.2 Å². The van der Waals surface area contributed by atoms with Crippen molar-refractivity contribution < 1.29 is 22.9 Å². The molecule has 3 rings (SSSR count). The number of hydrogen-bond acceptors (Lipinski definition) is 7. The van der Waals surface area contributed by atoms with Gasteiger partial charge in [-0.1, -0.05) is 17.7 Å². The number of aryl methyl sites for hydroxylation is 1. The first kappa shape index (κ1) is 21.8. The van der Waals surface area contributed by atoms with Gasteiger partial charge in [0.25, 0.3) is 15.7 Å². The van der Waals surface area contributed by atoms with Gasteiger partial charge < -0.3 is 4.74 Å². The molecule has 158 valence electrons. The largest absolute Gasteiger partial charge is 0.461 e. The van der Waals surface area contributed by atoms with Gasteiger partial charge in [-0.15, -0.1) is 11.8 Å². The number of benzene rings is 2. The Morgan fingerprint density at radius 1 is 1.20 bits per heavy atom. The minimum atomic E-state index is -4.11. The smallest absolute Gasteiger partial charge is 0.355 e. The molecule has 1 atom stereocenters. The number of nitro groups is 1. The third kappa shape index (κ3) is 4.34. The van der Waals surface area contributed by atoms with Crippen molar-refractivity contribution in [3.8, 4) is 0 Å². The number of thioether (sulfide) groups is 1. The number of rotatable bonds is 6. The summed E-state index contributed by atoms with van der Waals surface area (Å²) in [5.41, 5.74) is 1.25. The van der Waals surface area contributed by atoms with Crippen LogP contribution in [-0.4, -0.2) is 36.0 Å². The monoisotopic (exact) mass is 448 g/mol. The van der Waals surface area contributed by atoms with E-state index in [1.807, 2.05) is 6.92 Å². The molecule has 0 unspecified atom stereocenters. The van der Waals surface area contributed by atoms with Crippen LogP contribution < -0.4 is 0 Å². The number of non-ortho nitro benzene ring substituents is 1. The van der Waals surface area contributed by atoms with E-state index in [9.17, 15) is 23.3 Å². The van der Waals surface area contributed by atoms with Gasteiger partial charge >= 0.3 is 5.97 Å². The maximum Gasteiger partial charge on any atom is 0.355 e. The first-order chi connectivity index (χ1) is 14.3. The van der Waals surface area contributed by atoms with Crippen LogP contribution in [0.1, 0.15) is 23.4 Å². The molecule has 1 heterocycles. The lowest BCUT2D eigenvalue weighted by Crippen LogP contribution is -2.38. The molecular formula is C20H20N2O6S2. The fourth-order valence-corrected chi connectivity index (χ4v) is 6.00. The molecule has 10 heteroatoms. The topological polar surface area (TPSA) is 107 Å². The van der Waals surface area contributed by atoms with E-state index < -0.39 is 26.3 Å². The lowest BCUT2D eigenvalue weighted by molar-refractivity contribution is -0.384. The number of ether oxygens (including phenoxy) is 1. The molecule has 0 amide bonds. The number of nitrogens with zero attached hydrogens (tertiary/aromatic N) is 2.